The minimum atomic E-state index is 0.245. The normalized spacial score (nSPS) is 14.8. The first-order valence-corrected chi connectivity index (χ1v) is 21.5. The van der Waals surface area contributed by atoms with Gasteiger partial charge >= 0.3 is 0 Å². The van der Waals surface area contributed by atoms with E-state index in [-0.39, 0.29) is 5.92 Å². The zero-order valence-electron chi connectivity index (χ0n) is 34.7. The van der Waals surface area contributed by atoms with Gasteiger partial charge in [-0.1, -0.05) is 158 Å². The van der Waals surface area contributed by atoms with Gasteiger partial charge in [0.25, 0.3) is 0 Å². The number of anilines is 2. The zero-order valence-corrected chi connectivity index (χ0v) is 34.7. The van der Waals surface area contributed by atoms with Crippen molar-refractivity contribution in [3.8, 4) is 27.9 Å². The molecule has 1 aromatic heterocycles. The van der Waals surface area contributed by atoms with Crippen molar-refractivity contribution in [1.82, 2.24) is 4.57 Å². The lowest BCUT2D eigenvalue weighted by Crippen LogP contribution is -2.14. The standard InChI is InChI=1S/C58H43N5/c1-59-57(41-19-7-3-8-20-41)61-58(60-39-40-17-5-2-6-18-40)46-23-15-21-42(35-46)44-32-34-55-52(37-44)50-28-12-14-30-54(50)63(55)48-26-16-22-43(36-48)45-31-33-51-49-27-11-13-29-53(49)62(56(51)38-45)47-24-9-4-10-25-47/h2-27,29-38,50H,1,28,39H2. The molecule has 0 bridgehead atoms. The molecule has 1 aliphatic carbocycles. The fraction of sp³-hybridized carbons (Fsp3) is 0.0517. The molecule has 9 aromatic rings. The summed E-state index contributed by atoms with van der Waals surface area (Å²) >= 11 is 0. The van der Waals surface area contributed by atoms with E-state index in [1.54, 1.807) is 0 Å². The number of hydrogen-bond donors (Lipinski definition) is 0. The van der Waals surface area contributed by atoms with E-state index in [0.29, 0.717) is 18.2 Å². The molecule has 0 saturated heterocycles. The number of hydrogen-bond acceptors (Lipinski definition) is 2. The second-order valence-corrected chi connectivity index (χ2v) is 16.1. The highest BCUT2D eigenvalue weighted by Gasteiger charge is 2.35. The van der Waals surface area contributed by atoms with E-state index >= 15 is 0 Å². The van der Waals surface area contributed by atoms with Crippen LogP contribution in [0.2, 0.25) is 0 Å². The molecule has 0 spiro atoms. The minimum absolute atomic E-state index is 0.245. The van der Waals surface area contributed by atoms with Crippen LogP contribution in [0.1, 0.15) is 34.6 Å². The first kappa shape index (κ1) is 37.8. The summed E-state index contributed by atoms with van der Waals surface area (Å²) in [6.45, 7) is 4.36. The Kier molecular flexibility index (Phi) is 9.83. The van der Waals surface area contributed by atoms with Gasteiger partial charge in [0, 0.05) is 50.6 Å². The molecule has 5 nitrogen and oxygen atoms in total. The van der Waals surface area contributed by atoms with Crippen LogP contribution in [0.15, 0.2) is 239 Å². The van der Waals surface area contributed by atoms with Crippen molar-refractivity contribution in [3.05, 3.63) is 246 Å². The zero-order chi connectivity index (χ0) is 42.1. The number of aromatic nitrogens is 1. The number of allylic oxidation sites excluding steroid dienone is 4. The average Bonchev–Trinajstić information content (AvgIpc) is 3.87. The molecular formula is C58H43N5. The van der Waals surface area contributed by atoms with Crippen LogP contribution in [0, 0.1) is 0 Å². The van der Waals surface area contributed by atoms with Crippen molar-refractivity contribution in [3.63, 3.8) is 0 Å². The van der Waals surface area contributed by atoms with Crippen LogP contribution < -0.4 is 4.90 Å². The second-order valence-electron chi connectivity index (χ2n) is 16.1. The first-order valence-electron chi connectivity index (χ1n) is 21.5. The van der Waals surface area contributed by atoms with Gasteiger partial charge in [0.2, 0.25) is 0 Å². The summed E-state index contributed by atoms with van der Waals surface area (Å²) in [5.74, 6) is 1.40. The molecule has 0 fully saturated rings. The summed E-state index contributed by atoms with van der Waals surface area (Å²) in [5.41, 5.74) is 16.1. The Balaban J connectivity index is 0.961. The van der Waals surface area contributed by atoms with Gasteiger partial charge in [-0.25, -0.2) is 9.98 Å². The quantitative estimate of drug-likeness (QED) is 0.111. The molecule has 0 saturated carbocycles. The third kappa shape index (κ3) is 7.09. The van der Waals surface area contributed by atoms with E-state index in [4.69, 9.17) is 9.98 Å². The second kappa shape index (κ2) is 16.4. The van der Waals surface area contributed by atoms with Gasteiger partial charge in [0.15, 0.2) is 11.7 Å². The molecule has 0 amide bonds. The number of fused-ring (bicyclic) bond motifs is 6. The molecule has 1 unspecified atom stereocenters. The average molecular weight is 810 g/mol. The molecular weight excluding hydrogens is 767 g/mol. The predicted octanol–water partition coefficient (Wildman–Crippen LogP) is 14.3. The topological polar surface area (TPSA) is 45.2 Å². The van der Waals surface area contributed by atoms with E-state index in [0.717, 1.165) is 45.6 Å². The maximum absolute atomic E-state index is 5.06. The van der Waals surface area contributed by atoms with E-state index in [1.807, 2.05) is 48.5 Å². The first-order chi connectivity index (χ1) is 31.2. The molecule has 0 N–H and O–H groups in total. The molecule has 2 heterocycles. The molecule has 63 heavy (non-hydrogen) atoms. The molecule has 8 aromatic carbocycles. The van der Waals surface area contributed by atoms with Crippen LogP contribution in [0.3, 0.4) is 0 Å². The maximum atomic E-state index is 5.06. The molecule has 1 aliphatic heterocycles. The third-order valence-corrected chi connectivity index (χ3v) is 12.3. The van der Waals surface area contributed by atoms with Gasteiger partial charge in [0.05, 0.1) is 17.6 Å². The molecule has 300 valence electrons. The SMILES string of the molecule is C=NC(=NC(=NCc1ccccc1)c1cccc(-c2ccc3c(c2)C2CC=CC=C2N3c2cccc(-c3ccc4c5ccccc5n(-c5ccccc5)c4c3)c2)c1)c1ccccc1. The van der Waals surface area contributed by atoms with Gasteiger partial charge in [-0.3, -0.25) is 4.99 Å². The molecule has 0 radical (unpaired) electrons. The lowest BCUT2D eigenvalue weighted by atomic mass is 9.90. The summed E-state index contributed by atoms with van der Waals surface area (Å²) in [6, 6.07) is 71.0. The number of benzene rings is 8. The number of nitrogens with zero attached hydrogens (tertiary/aromatic N) is 5. The number of aliphatic imine (C=N–C) groups is 3. The lowest BCUT2D eigenvalue weighted by molar-refractivity contribution is 0.820. The largest absolute Gasteiger partial charge is 0.313 e. The van der Waals surface area contributed by atoms with Crippen LogP contribution in [-0.4, -0.2) is 23.0 Å². The molecule has 5 heteroatoms. The van der Waals surface area contributed by atoms with Crippen molar-refractivity contribution in [1.29, 1.82) is 0 Å². The Morgan fingerprint density at radius 3 is 2.02 bits per heavy atom. The highest BCUT2D eigenvalue weighted by Crippen LogP contribution is 2.52. The van der Waals surface area contributed by atoms with Gasteiger partial charge in [-0.2, -0.15) is 0 Å². The van der Waals surface area contributed by atoms with Gasteiger partial charge < -0.3 is 9.47 Å². The van der Waals surface area contributed by atoms with Crippen LogP contribution in [0.4, 0.5) is 11.4 Å². The van der Waals surface area contributed by atoms with Crippen molar-refractivity contribution in [2.45, 2.75) is 18.9 Å². The minimum Gasteiger partial charge on any atom is -0.313 e. The van der Waals surface area contributed by atoms with E-state index in [9.17, 15) is 0 Å². The van der Waals surface area contributed by atoms with Gasteiger partial charge in [-0.05, 0) is 107 Å². The van der Waals surface area contributed by atoms with Crippen molar-refractivity contribution in [2.75, 3.05) is 4.90 Å². The number of amidine groups is 2. The Bertz CT molecular complexity index is 3300. The maximum Gasteiger partial charge on any atom is 0.161 e. The summed E-state index contributed by atoms with van der Waals surface area (Å²) in [7, 11) is 0. The summed E-state index contributed by atoms with van der Waals surface area (Å²) in [6.07, 6.45) is 7.73. The third-order valence-electron chi connectivity index (χ3n) is 12.3. The van der Waals surface area contributed by atoms with Crippen molar-refractivity contribution >= 4 is 51.6 Å². The highest BCUT2D eigenvalue weighted by atomic mass is 15.2. The van der Waals surface area contributed by atoms with E-state index in [2.05, 4.69) is 191 Å². The van der Waals surface area contributed by atoms with Crippen LogP contribution in [0.25, 0.3) is 49.7 Å². The summed E-state index contributed by atoms with van der Waals surface area (Å²) in [5, 5.41) is 2.51. The Morgan fingerprint density at radius 2 is 1.19 bits per heavy atom. The summed E-state index contributed by atoms with van der Waals surface area (Å²) < 4.78 is 2.39. The Labute approximate surface area is 367 Å². The molecule has 2 aliphatic rings. The predicted molar refractivity (Wildman–Crippen MR) is 264 cm³/mol. The molecule has 1 atom stereocenters. The smallest absolute Gasteiger partial charge is 0.161 e. The monoisotopic (exact) mass is 809 g/mol. The van der Waals surface area contributed by atoms with Crippen LogP contribution in [0.5, 0.6) is 0 Å². The number of rotatable bonds is 8. The van der Waals surface area contributed by atoms with Gasteiger partial charge in [-0.15, -0.1) is 0 Å². The fourth-order valence-corrected chi connectivity index (χ4v) is 9.27. The Morgan fingerprint density at radius 1 is 0.540 bits per heavy atom. The number of para-hydroxylation sites is 2. The van der Waals surface area contributed by atoms with E-state index < -0.39 is 0 Å². The fourth-order valence-electron chi connectivity index (χ4n) is 9.27. The Hall–Kier alpha value is -8.15. The van der Waals surface area contributed by atoms with Crippen LogP contribution >= 0.6 is 0 Å². The lowest BCUT2D eigenvalue weighted by Gasteiger charge is -2.25. The molecule has 11 rings (SSSR count). The van der Waals surface area contributed by atoms with E-state index in [1.165, 1.54) is 49.9 Å². The van der Waals surface area contributed by atoms with Crippen LogP contribution in [-0.2, 0) is 6.54 Å². The summed E-state index contributed by atoms with van der Waals surface area (Å²) in [4.78, 5) is 16.9. The van der Waals surface area contributed by atoms with Crippen molar-refractivity contribution in [2.24, 2.45) is 15.0 Å². The van der Waals surface area contributed by atoms with Gasteiger partial charge in [0.1, 0.15) is 0 Å². The van der Waals surface area contributed by atoms with Crippen molar-refractivity contribution < 1.29 is 0 Å². The highest BCUT2D eigenvalue weighted by molar-refractivity contribution is 6.13.